The second-order valence-corrected chi connectivity index (χ2v) is 5.68. The van der Waals surface area contributed by atoms with Crippen molar-refractivity contribution >= 4 is 11.6 Å². The molecule has 6 nitrogen and oxygen atoms in total. The number of rotatable bonds is 6. The average molecular weight is 356 g/mol. The molecule has 0 amide bonds. The van der Waals surface area contributed by atoms with Gasteiger partial charge in [0.25, 0.3) is 0 Å². The number of allylic oxidation sites excluding steroid dienone is 2. The van der Waals surface area contributed by atoms with Gasteiger partial charge >= 0.3 is 0 Å². The fraction of sp³-hybridized carbons (Fsp3) is 0.200. The van der Waals surface area contributed by atoms with Gasteiger partial charge < -0.3 is 19.7 Å². The minimum Gasteiger partial charge on any atom is -0.504 e. The number of phenols is 2. The van der Waals surface area contributed by atoms with E-state index in [0.717, 1.165) is 0 Å². The fourth-order valence-corrected chi connectivity index (χ4v) is 2.41. The third-order valence-corrected chi connectivity index (χ3v) is 4.13. The third-order valence-electron chi connectivity index (χ3n) is 4.13. The van der Waals surface area contributed by atoms with Gasteiger partial charge in [-0.05, 0) is 50.2 Å². The summed E-state index contributed by atoms with van der Waals surface area (Å²) >= 11 is 0. The molecular weight excluding hydrogens is 336 g/mol. The number of hydrogen-bond acceptors (Lipinski definition) is 6. The summed E-state index contributed by atoms with van der Waals surface area (Å²) < 4.78 is 10.0. The molecule has 6 heteroatoms. The molecule has 0 spiro atoms. The van der Waals surface area contributed by atoms with Crippen molar-refractivity contribution in [2.75, 3.05) is 14.2 Å². The zero-order valence-electron chi connectivity index (χ0n) is 15.0. The lowest BCUT2D eigenvalue weighted by atomic mass is 9.95. The maximum Gasteiger partial charge on any atom is 0.189 e. The maximum absolute atomic E-state index is 12.7. The molecule has 0 saturated carbocycles. The molecule has 0 atom stereocenters. The van der Waals surface area contributed by atoms with Crippen LogP contribution in [0.25, 0.3) is 0 Å². The zero-order valence-corrected chi connectivity index (χ0v) is 15.0. The van der Waals surface area contributed by atoms with Gasteiger partial charge in [-0.2, -0.15) is 0 Å². The van der Waals surface area contributed by atoms with Gasteiger partial charge in [-0.3, -0.25) is 9.59 Å². The maximum atomic E-state index is 12.7. The molecule has 0 radical (unpaired) electrons. The topological polar surface area (TPSA) is 93.1 Å². The van der Waals surface area contributed by atoms with Crippen molar-refractivity contribution in [1.29, 1.82) is 0 Å². The van der Waals surface area contributed by atoms with Gasteiger partial charge in [0.15, 0.2) is 34.6 Å². The number of ketones is 2. The fourth-order valence-electron chi connectivity index (χ4n) is 2.41. The first-order chi connectivity index (χ1) is 12.3. The van der Waals surface area contributed by atoms with Crippen molar-refractivity contribution in [1.82, 2.24) is 0 Å². The Hall–Kier alpha value is -3.28. The number of hydrogen-bond donors (Lipinski definition) is 2. The predicted molar refractivity (Wildman–Crippen MR) is 96.4 cm³/mol. The third kappa shape index (κ3) is 3.69. The SMILES string of the molecule is COc1cc(C(=O)/C(C)=C(/C)C(=O)c2ccc(O)c(OC)c2)ccc1O. The average Bonchev–Trinajstić information content (AvgIpc) is 2.66. The standard InChI is InChI=1S/C20H20O6/c1-11(19(23)13-5-7-15(21)17(9-13)25-3)12(2)20(24)14-6-8-16(22)18(10-14)26-4/h5-10,21-22H,1-4H3/b12-11-. The Labute approximate surface area is 151 Å². The molecule has 26 heavy (non-hydrogen) atoms. The molecule has 0 unspecified atom stereocenters. The van der Waals surface area contributed by atoms with Crippen molar-refractivity contribution in [3.8, 4) is 23.0 Å². The molecular formula is C20H20O6. The second kappa shape index (κ2) is 7.74. The summed E-state index contributed by atoms with van der Waals surface area (Å²) in [4.78, 5) is 25.3. The van der Waals surface area contributed by atoms with Crippen LogP contribution in [0, 0.1) is 0 Å². The molecule has 2 rings (SSSR count). The summed E-state index contributed by atoms with van der Waals surface area (Å²) in [5.41, 5.74) is 1.14. The first-order valence-corrected chi connectivity index (χ1v) is 7.81. The van der Waals surface area contributed by atoms with Crippen LogP contribution in [0.3, 0.4) is 0 Å². The van der Waals surface area contributed by atoms with Crippen LogP contribution in [0.2, 0.25) is 0 Å². The Kier molecular flexibility index (Phi) is 5.67. The Bertz CT molecular complexity index is 822. The quantitative estimate of drug-likeness (QED) is 0.608. The lowest BCUT2D eigenvalue weighted by molar-refractivity contribution is 0.0999. The van der Waals surface area contributed by atoms with Crippen LogP contribution in [0.15, 0.2) is 47.5 Å². The summed E-state index contributed by atoms with van der Waals surface area (Å²) in [6.45, 7) is 3.12. The highest BCUT2D eigenvalue weighted by Crippen LogP contribution is 2.29. The zero-order chi connectivity index (χ0) is 19.4. The summed E-state index contributed by atoms with van der Waals surface area (Å²) in [5, 5.41) is 19.3. The van der Waals surface area contributed by atoms with Crippen LogP contribution >= 0.6 is 0 Å². The Morgan fingerprint density at radius 1 is 0.731 bits per heavy atom. The van der Waals surface area contributed by atoms with Crippen molar-refractivity contribution < 1.29 is 29.3 Å². The van der Waals surface area contributed by atoms with Gasteiger partial charge in [0, 0.05) is 22.3 Å². The van der Waals surface area contributed by atoms with Crippen molar-refractivity contribution in [2.45, 2.75) is 13.8 Å². The Morgan fingerprint density at radius 2 is 1.08 bits per heavy atom. The van der Waals surface area contributed by atoms with Crippen molar-refractivity contribution in [2.24, 2.45) is 0 Å². The number of ether oxygens (including phenoxy) is 2. The first-order valence-electron chi connectivity index (χ1n) is 7.81. The molecule has 0 aliphatic heterocycles. The molecule has 2 N–H and O–H groups in total. The summed E-state index contributed by atoms with van der Waals surface area (Å²) in [5.74, 6) is -0.490. The number of methoxy groups -OCH3 is 2. The van der Waals surface area contributed by atoms with Crippen LogP contribution < -0.4 is 9.47 Å². The van der Waals surface area contributed by atoms with Gasteiger partial charge in [-0.15, -0.1) is 0 Å². The molecule has 0 bridgehead atoms. The van der Waals surface area contributed by atoms with Crippen LogP contribution in [-0.2, 0) is 0 Å². The molecule has 0 aliphatic carbocycles. The lowest BCUT2D eigenvalue weighted by Crippen LogP contribution is -2.09. The number of benzene rings is 2. The van der Waals surface area contributed by atoms with E-state index in [4.69, 9.17) is 9.47 Å². The number of Topliss-reactive ketones (excluding diaryl/α,β-unsaturated/α-hetero) is 2. The molecule has 0 fully saturated rings. The van der Waals surface area contributed by atoms with Crippen LogP contribution in [-0.4, -0.2) is 36.0 Å². The minimum absolute atomic E-state index is 0.0744. The minimum atomic E-state index is -0.347. The van der Waals surface area contributed by atoms with E-state index in [9.17, 15) is 19.8 Å². The van der Waals surface area contributed by atoms with Gasteiger partial charge in [-0.1, -0.05) is 0 Å². The van der Waals surface area contributed by atoms with Crippen LogP contribution in [0.5, 0.6) is 23.0 Å². The Morgan fingerprint density at radius 3 is 1.38 bits per heavy atom. The number of aromatic hydroxyl groups is 2. The van der Waals surface area contributed by atoms with Crippen LogP contribution in [0.1, 0.15) is 34.6 Å². The molecule has 0 aliphatic rings. The molecule has 136 valence electrons. The van der Waals surface area contributed by atoms with Crippen molar-refractivity contribution in [3.63, 3.8) is 0 Å². The normalized spacial score (nSPS) is 11.5. The van der Waals surface area contributed by atoms with Gasteiger partial charge in [-0.25, -0.2) is 0 Å². The van der Waals surface area contributed by atoms with E-state index < -0.39 is 0 Å². The number of phenolic OH excluding ortho intramolecular Hbond substituents is 2. The molecule has 0 aromatic heterocycles. The highest BCUT2D eigenvalue weighted by Gasteiger charge is 2.19. The Balaban J connectivity index is 2.38. The molecule has 2 aromatic rings. The lowest BCUT2D eigenvalue weighted by Gasteiger charge is -2.10. The largest absolute Gasteiger partial charge is 0.504 e. The van der Waals surface area contributed by atoms with Gasteiger partial charge in [0.05, 0.1) is 14.2 Å². The van der Waals surface area contributed by atoms with E-state index >= 15 is 0 Å². The van der Waals surface area contributed by atoms with Gasteiger partial charge in [0.2, 0.25) is 0 Å². The van der Waals surface area contributed by atoms with Crippen molar-refractivity contribution in [3.05, 3.63) is 58.7 Å². The predicted octanol–water partition coefficient (Wildman–Crippen LogP) is 3.52. The van der Waals surface area contributed by atoms with E-state index in [-0.39, 0.29) is 45.7 Å². The van der Waals surface area contributed by atoms with E-state index in [1.165, 1.54) is 50.6 Å². The summed E-state index contributed by atoms with van der Waals surface area (Å²) in [7, 11) is 2.78. The highest BCUT2D eigenvalue weighted by molar-refractivity contribution is 6.17. The summed E-state index contributed by atoms with van der Waals surface area (Å²) in [6, 6.07) is 8.49. The number of carbonyl (C=O) groups is 2. The molecule has 2 aromatic carbocycles. The van der Waals surface area contributed by atoms with E-state index in [1.54, 1.807) is 13.8 Å². The smallest absolute Gasteiger partial charge is 0.189 e. The monoisotopic (exact) mass is 356 g/mol. The first kappa shape index (κ1) is 19.1. The van der Waals surface area contributed by atoms with E-state index in [1.807, 2.05) is 0 Å². The van der Waals surface area contributed by atoms with E-state index in [0.29, 0.717) is 11.1 Å². The van der Waals surface area contributed by atoms with E-state index in [2.05, 4.69) is 0 Å². The van der Waals surface area contributed by atoms with Gasteiger partial charge in [0.1, 0.15) is 0 Å². The van der Waals surface area contributed by atoms with Crippen LogP contribution in [0.4, 0.5) is 0 Å². The second-order valence-electron chi connectivity index (χ2n) is 5.68. The highest BCUT2D eigenvalue weighted by atomic mass is 16.5. The molecule has 0 saturated heterocycles. The number of carbonyl (C=O) groups excluding carboxylic acids is 2. The molecule has 0 heterocycles. The summed E-state index contributed by atoms with van der Waals surface area (Å²) in [6.07, 6.45) is 0.